The van der Waals surface area contributed by atoms with Gasteiger partial charge in [-0.1, -0.05) is 50.2 Å². The molecular weight excluding hydrogens is 280 g/mol. The first-order chi connectivity index (χ1) is 10.6. The van der Waals surface area contributed by atoms with Gasteiger partial charge < -0.3 is 14.6 Å². The van der Waals surface area contributed by atoms with Crippen molar-refractivity contribution in [1.82, 2.24) is 0 Å². The highest BCUT2D eigenvalue weighted by atomic mass is 16.5. The lowest BCUT2D eigenvalue weighted by Gasteiger charge is -2.16. The number of carboxylic acid groups (broad SMARTS) is 1. The molecule has 0 atom stereocenters. The molecule has 0 fully saturated rings. The summed E-state index contributed by atoms with van der Waals surface area (Å²) in [4.78, 5) is 11.4. The van der Waals surface area contributed by atoms with Crippen LogP contribution < -0.4 is 9.47 Å². The Hall–Kier alpha value is -2.49. The Morgan fingerprint density at radius 2 is 1.77 bits per heavy atom. The molecule has 0 bridgehead atoms. The summed E-state index contributed by atoms with van der Waals surface area (Å²) in [7, 11) is 0. The largest absolute Gasteiger partial charge is 0.489 e. The van der Waals surface area contributed by atoms with Gasteiger partial charge in [0, 0.05) is 0 Å². The van der Waals surface area contributed by atoms with Gasteiger partial charge in [-0.05, 0) is 23.6 Å². The summed E-state index contributed by atoms with van der Waals surface area (Å²) in [6, 6.07) is 14.6. The highest BCUT2D eigenvalue weighted by molar-refractivity contribution is 5.92. The second kappa shape index (κ2) is 7.50. The van der Waals surface area contributed by atoms with E-state index in [1.54, 1.807) is 12.1 Å². The van der Waals surface area contributed by atoms with Crippen molar-refractivity contribution in [1.29, 1.82) is 0 Å². The molecule has 22 heavy (non-hydrogen) atoms. The minimum absolute atomic E-state index is 0.117. The van der Waals surface area contributed by atoms with Crippen LogP contribution in [0.3, 0.4) is 0 Å². The lowest BCUT2D eigenvalue weighted by Crippen LogP contribution is -2.10. The molecule has 0 aliphatic carbocycles. The smallest absolute Gasteiger partial charge is 0.339 e. The molecule has 0 amide bonds. The first kappa shape index (κ1) is 15.9. The first-order valence-electron chi connectivity index (χ1n) is 7.23. The van der Waals surface area contributed by atoms with Gasteiger partial charge in [0.15, 0.2) is 11.5 Å². The number of carbonyl (C=O) groups is 1. The Morgan fingerprint density at radius 3 is 2.41 bits per heavy atom. The number of aromatic carboxylic acids is 1. The monoisotopic (exact) mass is 300 g/mol. The molecule has 116 valence electrons. The van der Waals surface area contributed by atoms with Crippen LogP contribution in [0.2, 0.25) is 0 Å². The molecule has 0 spiro atoms. The van der Waals surface area contributed by atoms with Crippen molar-refractivity contribution in [3.63, 3.8) is 0 Å². The fraction of sp³-hybridized carbons (Fsp3) is 0.278. The van der Waals surface area contributed by atoms with E-state index in [0.29, 0.717) is 30.6 Å². The summed E-state index contributed by atoms with van der Waals surface area (Å²) in [5.74, 6) is 0.0109. The molecule has 0 aliphatic rings. The highest BCUT2D eigenvalue weighted by Crippen LogP contribution is 2.32. The van der Waals surface area contributed by atoms with Crippen LogP contribution in [-0.2, 0) is 6.61 Å². The van der Waals surface area contributed by atoms with E-state index in [-0.39, 0.29) is 5.56 Å². The van der Waals surface area contributed by atoms with Gasteiger partial charge in [0.2, 0.25) is 0 Å². The Labute approximate surface area is 130 Å². The normalized spacial score (nSPS) is 10.5. The second-order valence-electron chi connectivity index (χ2n) is 5.42. The van der Waals surface area contributed by atoms with E-state index in [0.717, 1.165) is 5.56 Å². The third-order valence-corrected chi connectivity index (χ3v) is 3.01. The van der Waals surface area contributed by atoms with Crippen LogP contribution >= 0.6 is 0 Å². The maximum absolute atomic E-state index is 11.4. The molecule has 4 heteroatoms. The molecular formula is C18H20O4. The van der Waals surface area contributed by atoms with Gasteiger partial charge in [-0.15, -0.1) is 0 Å². The minimum Gasteiger partial charge on any atom is -0.489 e. The fourth-order valence-electron chi connectivity index (χ4n) is 1.93. The van der Waals surface area contributed by atoms with Crippen molar-refractivity contribution in [2.24, 2.45) is 5.92 Å². The zero-order valence-electron chi connectivity index (χ0n) is 12.8. The van der Waals surface area contributed by atoms with Crippen molar-refractivity contribution >= 4 is 5.97 Å². The van der Waals surface area contributed by atoms with Gasteiger partial charge in [-0.3, -0.25) is 0 Å². The lowest BCUT2D eigenvalue weighted by molar-refractivity contribution is 0.0690. The number of hydrogen-bond acceptors (Lipinski definition) is 3. The first-order valence-corrected chi connectivity index (χ1v) is 7.23. The molecule has 2 rings (SSSR count). The molecule has 0 aliphatic heterocycles. The number of carboxylic acids is 1. The average molecular weight is 300 g/mol. The molecule has 0 saturated carbocycles. The summed E-state index contributed by atoms with van der Waals surface area (Å²) in [6.07, 6.45) is 0. The van der Waals surface area contributed by atoms with Crippen LogP contribution in [0.25, 0.3) is 0 Å². The minimum atomic E-state index is -1.02. The van der Waals surface area contributed by atoms with Crippen molar-refractivity contribution in [2.75, 3.05) is 6.61 Å². The van der Waals surface area contributed by atoms with E-state index in [1.165, 1.54) is 6.07 Å². The molecule has 4 nitrogen and oxygen atoms in total. The van der Waals surface area contributed by atoms with Crippen molar-refractivity contribution < 1.29 is 19.4 Å². The van der Waals surface area contributed by atoms with Crippen LogP contribution in [0.4, 0.5) is 0 Å². The van der Waals surface area contributed by atoms with Gasteiger partial charge >= 0.3 is 5.97 Å². The number of para-hydroxylation sites is 1. The zero-order chi connectivity index (χ0) is 15.9. The van der Waals surface area contributed by atoms with Crippen LogP contribution in [0, 0.1) is 5.92 Å². The molecule has 0 heterocycles. The summed E-state index contributed by atoms with van der Waals surface area (Å²) in [5.41, 5.74) is 1.13. The van der Waals surface area contributed by atoms with Crippen molar-refractivity contribution in [2.45, 2.75) is 20.5 Å². The average Bonchev–Trinajstić information content (AvgIpc) is 2.51. The zero-order valence-corrected chi connectivity index (χ0v) is 12.8. The number of benzene rings is 2. The second-order valence-corrected chi connectivity index (χ2v) is 5.42. The fourth-order valence-corrected chi connectivity index (χ4v) is 1.93. The number of rotatable bonds is 7. The molecule has 2 aromatic rings. The van der Waals surface area contributed by atoms with Crippen LogP contribution in [-0.4, -0.2) is 17.7 Å². The Bertz CT molecular complexity index is 620. The Morgan fingerprint density at radius 1 is 1.05 bits per heavy atom. The molecule has 1 N–H and O–H groups in total. The third kappa shape index (κ3) is 4.25. The topological polar surface area (TPSA) is 55.8 Å². The van der Waals surface area contributed by atoms with Crippen LogP contribution in [0.1, 0.15) is 29.8 Å². The summed E-state index contributed by atoms with van der Waals surface area (Å²) in [5, 5.41) is 9.31. The Balaban J connectivity index is 2.21. The molecule has 0 unspecified atom stereocenters. The quantitative estimate of drug-likeness (QED) is 0.839. The van der Waals surface area contributed by atoms with Gasteiger partial charge in [-0.2, -0.15) is 0 Å². The maximum Gasteiger partial charge on any atom is 0.339 e. The molecule has 0 aromatic heterocycles. The lowest BCUT2D eigenvalue weighted by atomic mass is 10.1. The van der Waals surface area contributed by atoms with Gasteiger partial charge in [0.1, 0.15) is 12.2 Å². The summed E-state index contributed by atoms with van der Waals surface area (Å²) < 4.78 is 11.4. The van der Waals surface area contributed by atoms with Crippen molar-refractivity contribution in [3.8, 4) is 11.5 Å². The molecule has 2 aromatic carbocycles. The summed E-state index contributed by atoms with van der Waals surface area (Å²) in [6.45, 7) is 4.82. The maximum atomic E-state index is 11.4. The predicted octanol–water partition coefficient (Wildman–Crippen LogP) is 4.00. The third-order valence-electron chi connectivity index (χ3n) is 3.01. The van der Waals surface area contributed by atoms with Crippen LogP contribution in [0.5, 0.6) is 11.5 Å². The Kier molecular flexibility index (Phi) is 5.42. The van der Waals surface area contributed by atoms with E-state index in [2.05, 4.69) is 0 Å². The predicted molar refractivity (Wildman–Crippen MR) is 84.5 cm³/mol. The standard InChI is InChI=1S/C18H20O4/c1-13(2)11-22-17-15(18(19)20)9-6-10-16(17)21-12-14-7-4-3-5-8-14/h3-10,13H,11-12H2,1-2H3,(H,19,20). The van der Waals surface area contributed by atoms with E-state index >= 15 is 0 Å². The number of ether oxygens (including phenoxy) is 2. The van der Waals surface area contributed by atoms with Crippen LogP contribution in [0.15, 0.2) is 48.5 Å². The van der Waals surface area contributed by atoms with Gasteiger partial charge in [0.25, 0.3) is 0 Å². The van der Waals surface area contributed by atoms with E-state index in [1.807, 2.05) is 44.2 Å². The van der Waals surface area contributed by atoms with Gasteiger partial charge in [-0.25, -0.2) is 4.79 Å². The van der Waals surface area contributed by atoms with E-state index in [4.69, 9.17) is 9.47 Å². The van der Waals surface area contributed by atoms with E-state index in [9.17, 15) is 9.90 Å². The summed E-state index contributed by atoms with van der Waals surface area (Å²) >= 11 is 0. The highest BCUT2D eigenvalue weighted by Gasteiger charge is 2.17. The van der Waals surface area contributed by atoms with E-state index < -0.39 is 5.97 Å². The molecule has 0 radical (unpaired) electrons. The van der Waals surface area contributed by atoms with Crippen molar-refractivity contribution in [3.05, 3.63) is 59.7 Å². The number of hydrogen-bond donors (Lipinski definition) is 1. The van der Waals surface area contributed by atoms with Gasteiger partial charge in [0.05, 0.1) is 6.61 Å². The SMILES string of the molecule is CC(C)COc1c(OCc2ccccc2)cccc1C(=O)O. The molecule has 0 saturated heterocycles.